The maximum atomic E-state index is 6.07. The number of hydrogen-bond acceptors (Lipinski definition) is 2. The zero-order chi connectivity index (χ0) is 13.0. The summed E-state index contributed by atoms with van der Waals surface area (Å²) in [6.45, 7) is 2.86. The highest BCUT2D eigenvalue weighted by Gasteiger charge is 2.21. The zero-order valence-corrected chi connectivity index (χ0v) is 12.5. The predicted octanol–water partition coefficient (Wildman–Crippen LogP) is 4.04. The van der Waals surface area contributed by atoms with Crippen molar-refractivity contribution in [3.05, 3.63) is 34.3 Å². The Balaban J connectivity index is 1.96. The van der Waals surface area contributed by atoms with E-state index in [2.05, 4.69) is 28.1 Å². The van der Waals surface area contributed by atoms with Gasteiger partial charge in [-0.05, 0) is 43.4 Å². The zero-order valence-electron chi connectivity index (χ0n) is 10.9. The molecular formula is C15H22BrNO. The average molecular weight is 312 g/mol. The smallest absolute Gasteiger partial charge is 0.0973 e. The molecular weight excluding hydrogens is 290 g/mol. The van der Waals surface area contributed by atoms with Crippen LogP contribution in [-0.4, -0.2) is 12.6 Å². The van der Waals surface area contributed by atoms with Crippen LogP contribution in [0.4, 0.5) is 0 Å². The van der Waals surface area contributed by atoms with Gasteiger partial charge in [0.05, 0.1) is 12.7 Å². The average Bonchev–Trinajstić information content (AvgIpc) is 2.84. The first-order valence-electron chi connectivity index (χ1n) is 6.79. The summed E-state index contributed by atoms with van der Waals surface area (Å²) in [5.74, 6) is 0.738. The summed E-state index contributed by atoms with van der Waals surface area (Å²) in [5, 5.41) is 0. The molecule has 2 nitrogen and oxygen atoms in total. The van der Waals surface area contributed by atoms with Gasteiger partial charge in [0.25, 0.3) is 0 Å². The molecule has 0 radical (unpaired) electrons. The van der Waals surface area contributed by atoms with Gasteiger partial charge in [0.2, 0.25) is 0 Å². The molecule has 2 unspecified atom stereocenters. The van der Waals surface area contributed by atoms with Gasteiger partial charge in [-0.15, -0.1) is 0 Å². The number of nitrogens with two attached hydrogens (primary N) is 1. The Morgan fingerprint density at radius 2 is 1.89 bits per heavy atom. The minimum atomic E-state index is 0.0127. The summed E-state index contributed by atoms with van der Waals surface area (Å²) in [6.07, 6.45) is 5.35. The van der Waals surface area contributed by atoms with Crippen molar-refractivity contribution in [3.8, 4) is 0 Å². The van der Waals surface area contributed by atoms with Gasteiger partial charge in [-0.2, -0.15) is 0 Å². The van der Waals surface area contributed by atoms with Crippen molar-refractivity contribution in [2.45, 2.75) is 44.8 Å². The Hall–Kier alpha value is -0.380. The molecule has 0 aliphatic heterocycles. The van der Waals surface area contributed by atoms with Crippen LogP contribution in [-0.2, 0) is 4.74 Å². The van der Waals surface area contributed by atoms with Crippen molar-refractivity contribution in [2.24, 2.45) is 11.7 Å². The van der Waals surface area contributed by atoms with Crippen LogP contribution in [0.15, 0.2) is 28.7 Å². The lowest BCUT2D eigenvalue weighted by atomic mass is 10.0. The Morgan fingerprint density at radius 1 is 1.28 bits per heavy atom. The Kier molecular flexibility index (Phi) is 5.22. The second kappa shape index (κ2) is 6.69. The topological polar surface area (TPSA) is 35.2 Å². The van der Waals surface area contributed by atoms with Crippen LogP contribution in [0.3, 0.4) is 0 Å². The van der Waals surface area contributed by atoms with Gasteiger partial charge in [0.15, 0.2) is 0 Å². The van der Waals surface area contributed by atoms with Gasteiger partial charge in [0, 0.05) is 10.5 Å². The SMILES string of the molecule is CC(N)C(OCC1CCCC1)c1ccc(Br)cc1. The Morgan fingerprint density at radius 3 is 2.44 bits per heavy atom. The molecule has 1 aliphatic rings. The Bertz CT molecular complexity index is 357. The van der Waals surface area contributed by atoms with Crippen LogP contribution in [0.1, 0.15) is 44.3 Å². The molecule has 1 aromatic carbocycles. The molecule has 2 atom stereocenters. The molecule has 3 heteroatoms. The molecule has 18 heavy (non-hydrogen) atoms. The van der Waals surface area contributed by atoms with Crippen molar-refractivity contribution < 1.29 is 4.74 Å². The van der Waals surface area contributed by atoms with E-state index in [9.17, 15) is 0 Å². The number of hydrogen-bond donors (Lipinski definition) is 1. The molecule has 1 saturated carbocycles. The van der Waals surface area contributed by atoms with Crippen LogP contribution >= 0.6 is 15.9 Å². The maximum Gasteiger partial charge on any atom is 0.0973 e. The largest absolute Gasteiger partial charge is 0.372 e. The first kappa shape index (κ1) is 14.0. The molecule has 0 aromatic heterocycles. The quantitative estimate of drug-likeness (QED) is 0.890. The first-order valence-corrected chi connectivity index (χ1v) is 7.59. The van der Waals surface area contributed by atoms with Crippen LogP contribution in [0.25, 0.3) is 0 Å². The summed E-state index contributed by atoms with van der Waals surface area (Å²) in [4.78, 5) is 0. The van der Waals surface area contributed by atoms with E-state index >= 15 is 0 Å². The number of ether oxygens (including phenoxy) is 1. The van der Waals surface area contributed by atoms with E-state index in [1.807, 2.05) is 19.1 Å². The van der Waals surface area contributed by atoms with Crippen LogP contribution < -0.4 is 5.73 Å². The van der Waals surface area contributed by atoms with Gasteiger partial charge in [0.1, 0.15) is 0 Å². The molecule has 100 valence electrons. The second-order valence-electron chi connectivity index (χ2n) is 5.32. The van der Waals surface area contributed by atoms with E-state index in [-0.39, 0.29) is 12.1 Å². The number of rotatable bonds is 5. The van der Waals surface area contributed by atoms with E-state index in [1.165, 1.54) is 31.2 Å². The van der Waals surface area contributed by atoms with E-state index in [4.69, 9.17) is 10.5 Å². The predicted molar refractivity (Wildman–Crippen MR) is 78.4 cm³/mol. The van der Waals surface area contributed by atoms with Crippen molar-refractivity contribution in [3.63, 3.8) is 0 Å². The van der Waals surface area contributed by atoms with Gasteiger partial charge in [-0.25, -0.2) is 0 Å². The summed E-state index contributed by atoms with van der Waals surface area (Å²) in [7, 11) is 0. The monoisotopic (exact) mass is 311 g/mol. The molecule has 0 amide bonds. The minimum Gasteiger partial charge on any atom is -0.372 e. The first-order chi connectivity index (χ1) is 8.66. The number of halogens is 1. The third-order valence-corrected chi connectivity index (χ3v) is 4.19. The Labute approximate surface area is 118 Å². The van der Waals surface area contributed by atoms with E-state index in [1.54, 1.807) is 0 Å². The van der Waals surface area contributed by atoms with Crippen molar-refractivity contribution >= 4 is 15.9 Å². The summed E-state index contributed by atoms with van der Waals surface area (Å²) < 4.78 is 7.16. The van der Waals surface area contributed by atoms with Gasteiger partial charge in [-0.1, -0.05) is 40.9 Å². The van der Waals surface area contributed by atoms with Gasteiger partial charge in [-0.3, -0.25) is 0 Å². The number of benzene rings is 1. The molecule has 0 bridgehead atoms. The summed E-state index contributed by atoms with van der Waals surface area (Å²) in [6, 6.07) is 8.29. The molecule has 0 heterocycles. The van der Waals surface area contributed by atoms with Crippen LogP contribution in [0, 0.1) is 5.92 Å². The molecule has 0 saturated heterocycles. The molecule has 2 N–H and O–H groups in total. The highest BCUT2D eigenvalue weighted by molar-refractivity contribution is 9.10. The summed E-state index contributed by atoms with van der Waals surface area (Å²) in [5.41, 5.74) is 7.23. The van der Waals surface area contributed by atoms with Crippen molar-refractivity contribution in [1.29, 1.82) is 0 Å². The lowest BCUT2D eigenvalue weighted by Crippen LogP contribution is -2.28. The molecule has 2 rings (SSSR count). The molecule has 0 spiro atoms. The highest BCUT2D eigenvalue weighted by atomic mass is 79.9. The minimum absolute atomic E-state index is 0.0127. The molecule has 1 aromatic rings. The van der Waals surface area contributed by atoms with Crippen LogP contribution in [0.2, 0.25) is 0 Å². The normalized spacial score (nSPS) is 19.9. The highest BCUT2D eigenvalue weighted by Crippen LogP contribution is 2.28. The lowest BCUT2D eigenvalue weighted by Gasteiger charge is -2.23. The second-order valence-corrected chi connectivity index (χ2v) is 6.23. The summed E-state index contributed by atoms with van der Waals surface area (Å²) >= 11 is 3.45. The third kappa shape index (κ3) is 3.81. The fourth-order valence-electron chi connectivity index (χ4n) is 2.62. The third-order valence-electron chi connectivity index (χ3n) is 3.66. The molecule has 1 aliphatic carbocycles. The fourth-order valence-corrected chi connectivity index (χ4v) is 2.89. The van der Waals surface area contributed by atoms with Crippen molar-refractivity contribution in [2.75, 3.05) is 6.61 Å². The lowest BCUT2D eigenvalue weighted by molar-refractivity contribution is 0.0168. The van der Waals surface area contributed by atoms with Crippen LogP contribution in [0.5, 0.6) is 0 Å². The molecule has 1 fully saturated rings. The fraction of sp³-hybridized carbons (Fsp3) is 0.600. The van der Waals surface area contributed by atoms with E-state index in [0.29, 0.717) is 0 Å². The van der Waals surface area contributed by atoms with E-state index < -0.39 is 0 Å². The van der Waals surface area contributed by atoms with E-state index in [0.717, 1.165) is 17.0 Å². The maximum absolute atomic E-state index is 6.07. The van der Waals surface area contributed by atoms with Crippen molar-refractivity contribution in [1.82, 2.24) is 0 Å². The van der Waals surface area contributed by atoms with Gasteiger partial charge < -0.3 is 10.5 Å². The van der Waals surface area contributed by atoms with Gasteiger partial charge >= 0.3 is 0 Å². The standard InChI is InChI=1S/C15H22BrNO/c1-11(17)15(13-6-8-14(16)9-7-13)18-10-12-4-2-3-5-12/h6-9,11-12,15H,2-5,10,17H2,1H3.